The van der Waals surface area contributed by atoms with Gasteiger partial charge in [0.2, 0.25) is 0 Å². The summed E-state index contributed by atoms with van der Waals surface area (Å²) in [6.07, 6.45) is 0. The highest BCUT2D eigenvalue weighted by atomic mass is 16.5. The van der Waals surface area contributed by atoms with E-state index in [4.69, 9.17) is 9.47 Å². The molecule has 2 atom stereocenters. The highest BCUT2D eigenvalue weighted by Gasteiger charge is 2.34. The van der Waals surface area contributed by atoms with Gasteiger partial charge < -0.3 is 14.8 Å². The number of methoxy groups -OCH3 is 2. The molecule has 1 aromatic rings. The highest BCUT2D eigenvalue weighted by molar-refractivity contribution is 5.74. The van der Waals surface area contributed by atoms with Crippen LogP contribution in [0.4, 0.5) is 0 Å². The van der Waals surface area contributed by atoms with Crippen LogP contribution in [-0.4, -0.2) is 33.3 Å². The molecule has 1 saturated heterocycles. The number of carbonyl (C=O) groups excluding carboxylic acids is 1. The van der Waals surface area contributed by atoms with Gasteiger partial charge in [-0.2, -0.15) is 0 Å². The summed E-state index contributed by atoms with van der Waals surface area (Å²) in [6.45, 7) is 1.47. The summed E-state index contributed by atoms with van der Waals surface area (Å²) < 4.78 is 10.0. The molecule has 17 heavy (non-hydrogen) atoms. The molecule has 1 aliphatic rings. The smallest absolute Gasteiger partial charge is 0.310 e. The lowest BCUT2D eigenvalue weighted by molar-refractivity contribution is -0.145. The van der Waals surface area contributed by atoms with E-state index in [0.717, 1.165) is 17.9 Å². The van der Waals surface area contributed by atoms with Crippen molar-refractivity contribution in [3.05, 3.63) is 29.8 Å². The molecular formula is C13H17NO3. The number of benzene rings is 1. The first-order chi connectivity index (χ1) is 8.26. The molecule has 0 radical (unpaired) electrons. The Morgan fingerprint density at radius 3 is 2.88 bits per heavy atom. The quantitative estimate of drug-likeness (QED) is 0.799. The standard InChI is InChI=1S/C13H17NO3/c1-16-10-5-3-4-9(6-10)11-7-14-8-12(11)13(15)17-2/h3-6,11-12,14H,7-8H2,1-2H3. The number of esters is 1. The third kappa shape index (κ3) is 2.42. The zero-order valence-electron chi connectivity index (χ0n) is 10.1. The first-order valence-corrected chi connectivity index (χ1v) is 5.68. The highest BCUT2D eigenvalue weighted by Crippen LogP contribution is 2.30. The minimum absolute atomic E-state index is 0.105. The Morgan fingerprint density at radius 2 is 2.18 bits per heavy atom. The summed E-state index contributed by atoms with van der Waals surface area (Å²) in [5.74, 6) is 0.727. The fraction of sp³-hybridized carbons (Fsp3) is 0.462. The van der Waals surface area contributed by atoms with E-state index in [1.165, 1.54) is 7.11 Å². The third-order valence-electron chi connectivity index (χ3n) is 3.24. The van der Waals surface area contributed by atoms with E-state index in [9.17, 15) is 4.79 Å². The van der Waals surface area contributed by atoms with Crippen molar-refractivity contribution in [2.24, 2.45) is 5.92 Å². The summed E-state index contributed by atoms with van der Waals surface area (Å²) in [5.41, 5.74) is 1.12. The molecule has 1 fully saturated rings. The van der Waals surface area contributed by atoms with E-state index in [2.05, 4.69) is 5.32 Å². The van der Waals surface area contributed by atoms with Crippen molar-refractivity contribution >= 4 is 5.97 Å². The second-order valence-corrected chi connectivity index (χ2v) is 4.17. The lowest BCUT2D eigenvalue weighted by Crippen LogP contribution is -2.22. The van der Waals surface area contributed by atoms with Crippen LogP contribution < -0.4 is 10.1 Å². The number of hydrogen-bond donors (Lipinski definition) is 1. The van der Waals surface area contributed by atoms with Gasteiger partial charge in [0.15, 0.2) is 0 Å². The minimum Gasteiger partial charge on any atom is -0.497 e. The Kier molecular flexibility index (Phi) is 3.64. The van der Waals surface area contributed by atoms with Crippen molar-refractivity contribution in [3.8, 4) is 5.75 Å². The fourth-order valence-corrected chi connectivity index (χ4v) is 2.30. The molecule has 0 saturated carbocycles. The number of rotatable bonds is 3. The van der Waals surface area contributed by atoms with Gasteiger partial charge in [-0.25, -0.2) is 0 Å². The Morgan fingerprint density at radius 1 is 1.35 bits per heavy atom. The number of ether oxygens (including phenoxy) is 2. The van der Waals surface area contributed by atoms with Gasteiger partial charge in [-0.15, -0.1) is 0 Å². The average Bonchev–Trinajstić information content (AvgIpc) is 2.87. The molecule has 1 aromatic carbocycles. The molecule has 1 aliphatic heterocycles. The van der Waals surface area contributed by atoms with Crippen LogP contribution in [0.2, 0.25) is 0 Å². The Balaban J connectivity index is 2.22. The number of carbonyl (C=O) groups is 1. The molecule has 2 unspecified atom stereocenters. The number of nitrogens with one attached hydrogen (secondary N) is 1. The second kappa shape index (κ2) is 5.19. The van der Waals surface area contributed by atoms with Gasteiger partial charge in [0.25, 0.3) is 0 Å². The van der Waals surface area contributed by atoms with Crippen LogP contribution in [0.1, 0.15) is 11.5 Å². The Labute approximate surface area is 101 Å². The van der Waals surface area contributed by atoms with Gasteiger partial charge in [0.1, 0.15) is 5.75 Å². The van der Waals surface area contributed by atoms with Gasteiger partial charge in [0.05, 0.1) is 20.1 Å². The lowest BCUT2D eigenvalue weighted by Gasteiger charge is -2.17. The molecule has 0 aliphatic carbocycles. The van der Waals surface area contributed by atoms with Crippen molar-refractivity contribution in [2.75, 3.05) is 27.3 Å². The van der Waals surface area contributed by atoms with Gasteiger partial charge in [-0.3, -0.25) is 4.79 Å². The summed E-state index contributed by atoms with van der Waals surface area (Å²) >= 11 is 0. The van der Waals surface area contributed by atoms with Crippen molar-refractivity contribution in [2.45, 2.75) is 5.92 Å². The molecule has 0 bridgehead atoms. The zero-order valence-corrected chi connectivity index (χ0v) is 10.1. The lowest BCUT2D eigenvalue weighted by atomic mass is 9.89. The van der Waals surface area contributed by atoms with Crippen LogP contribution in [-0.2, 0) is 9.53 Å². The van der Waals surface area contributed by atoms with E-state index in [-0.39, 0.29) is 17.8 Å². The largest absolute Gasteiger partial charge is 0.497 e. The molecule has 2 rings (SSSR count). The predicted molar refractivity (Wildman–Crippen MR) is 64.1 cm³/mol. The van der Waals surface area contributed by atoms with E-state index in [1.807, 2.05) is 24.3 Å². The average molecular weight is 235 g/mol. The molecule has 0 aromatic heterocycles. The summed E-state index contributed by atoms with van der Waals surface area (Å²) in [4.78, 5) is 11.7. The fourth-order valence-electron chi connectivity index (χ4n) is 2.30. The van der Waals surface area contributed by atoms with Gasteiger partial charge in [-0.05, 0) is 17.7 Å². The van der Waals surface area contributed by atoms with Crippen LogP contribution in [0, 0.1) is 5.92 Å². The van der Waals surface area contributed by atoms with E-state index in [0.29, 0.717) is 6.54 Å². The summed E-state index contributed by atoms with van der Waals surface area (Å²) in [6, 6.07) is 7.85. The normalized spacial score (nSPS) is 23.4. The monoisotopic (exact) mass is 235 g/mol. The first kappa shape index (κ1) is 11.9. The molecule has 4 heteroatoms. The van der Waals surface area contributed by atoms with E-state index >= 15 is 0 Å². The molecule has 4 nitrogen and oxygen atoms in total. The topological polar surface area (TPSA) is 47.6 Å². The maximum atomic E-state index is 11.7. The summed E-state index contributed by atoms with van der Waals surface area (Å²) in [7, 11) is 3.08. The van der Waals surface area contributed by atoms with Crippen LogP contribution in [0.25, 0.3) is 0 Å². The van der Waals surface area contributed by atoms with Gasteiger partial charge in [0, 0.05) is 19.0 Å². The van der Waals surface area contributed by atoms with Gasteiger partial charge >= 0.3 is 5.97 Å². The Bertz CT molecular complexity index is 405. The van der Waals surface area contributed by atoms with Gasteiger partial charge in [-0.1, -0.05) is 12.1 Å². The zero-order chi connectivity index (χ0) is 12.3. The van der Waals surface area contributed by atoms with Crippen molar-refractivity contribution in [3.63, 3.8) is 0 Å². The molecule has 92 valence electrons. The van der Waals surface area contributed by atoms with Crippen LogP contribution in [0.5, 0.6) is 5.75 Å². The Hall–Kier alpha value is -1.55. The van der Waals surface area contributed by atoms with E-state index < -0.39 is 0 Å². The predicted octanol–water partition coefficient (Wildman–Crippen LogP) is 1.17. The third-order valence-corrected chi connectivity index (χ3v) is 3.24. The SMILES string of the molecule is COC(=O)C1CNCC1c1cccc(OC)c1. The molecule has 0 amide bonds. The maximum Gasteiger partial charge on any atom is 0.310 e. The van der Waals surface area contributed by atoms with Crippen LogP contribution in [0.15, 0.2) is 24.3 Å². The molecule has 1 heterocycles. The summed E-state index contributed by atoms with van der Waals surface area (Å²) in [5, 5.41) is 3.23. The molecule has 1 N–H and O–H groups in total. The first-order valence-electron chi connectivity index (χ1n) is 5.68. The van der Waals surface area contributed by atoms with Crippen molar-refractivity contribution in [1.29, 1.82) is 0 Å². The van der Waals surface area contributed by atoms with Crippen molar-refractivity contribution < 1.29 is 14.3 Å². The van der Waals surface area contributed by atoms with Crippen LogP contribution in [0.3, 0.4) is 0 Å². The molecular weight excluding hydrogens is 218 g/mol. The second-order valence-electron chi connectivity index (χ2n) is 4.17. The maximum absolute atomic E-state index is 11.7. The van der Waals surface area contributed by atoms with Crippen LogP contribution >= 0.6 is 0 Å². The molecule has 0 spiro atoms. The van der Waals surface area contributed by atoms with Crippen molar-refractivity contribution in [1.82, 2.24) is 5.32 Å². The van der Waals surface area contributed by atoms with E-state index in [1.54, 1.807) is 7.11 Å². The number of hydrogen-bond acceptors (Lipinski definition) is 4. The minimum atomic E-state index is -0.150.